The van der Waals surface area contributed by atoms with E-state index in [1.807, 2.05) is 0 Å². The van der Waals surface area contributed by atoms with Gasteiger partial charge >= 0.3 is 0 Å². The SMILES string of the molecule is CCCCNC(=O)[C@H]1CCCN(S(=O)(=O)c2ccc(OC)c(OC)c2)C1. The Morgan fingerprint density at radius 3 is 2.65 bits per heavy atom. The van der Waals surface area contributed by atoms with Gasteiger partial charge in [-0.25, -0.2) is 8.42 Å². The molecule has 0 bridgehead atoms. The molecule has 1 aromatic carbocycles. The Morgan fingerprint density at radius 1 is 1.27 bits per heavy atom. The molecule has 0 aromatic heterocycles. The van der Waals surface area contributed by atoms with Crippen LogP contribution in [0.25, 0.3) is 0 Å². The van der Waals surface area contributed by atoms with E-state index >= 15 is 0 Å². The number of unbranched alkanes of at least 4 members (excludes halogenated alkanes) is 1. The quantitative estimate of drug-likeness (QED) is 0.693. The van der Waals surface area contributed by atoms with E-state index in [0.29, 0.717) is 37.4 Å². The lowest BCUT2D eigenvalue weighted by Gasteiger charge is -2.31. The van der Waals surface area contributed by atoms with Gasteiger partial charge in [-0.2, -0.15) is 4.31 Å². The maximum Gasteiger partial charge on any atom is 0.243 e. The van der Waals surface area contributed by atoms with Gasteiger partial charge in [0, 0.05) is 25.7 Å². The molecule has 0 aliphatic carbocycles. The van der Waals surface area contributed by atoms with Crippen LogP contribution in [0.2, 0.25) is 0 Å². The summed E-state index contributed by atoms with van der Waals surface area (Å²) in [4.78, 5) is 12.4. The molecule has 1 aliphatic rings. The van der Waals surface area contributed by atoms with Crippen LogP contribution >= 0.6 is 0 Å². The van der Waals surface area contributed by atoms with E-state index in [0.717, 1.165) is 12.8 Å². The summed E-state index contributed by atoms with van der Waals surface area (Å²) in [5, 5.41) is 2.90. The van der Waals surface area contributed by atoms with E-state index < -0.39 is 10.0 Å². The standard InChI is InChI=1S/C18H28N2O5S/c1-4-5-10-19-18(21)14-7-6-11-20(13-14)26(22,23)15-8-9-16(24-2)17(12-15)25-3/h8-9,12,14H,4-7,10-11,13H2,1-3H3,(H,19,21)/t14-/m0/s1. The lowest BCUT2D eigenvalue weighted by molar-refractivity contribution is -0.126. The zero-order chi connectivity index (χ0) is 19.2. The fourth-order valence-corrected chi connectivity index (χ4v) is 4.57. The molecule has 8 heteroatoms. The van der Waals surface area contributed by atoms with Crippen molar-refractivity contribution in [1.29, 1.82) is 0 Å². The lowest BCUT2D eigenvalue weighted by Crippen LogP contribution is -2.45. The van der Waals surface area contributed by atoms with E-state index in [-0.39, 0.29) is 23.3 Å². The zero-order valence-electron chi connectivity index (χ0n) is 15.7. The van der Waals surface area contributed by atoms with Crippen LogP contribution in [0.3, 0.4) is 0 Å². The van der Waals surface area contributed by atoms with Crippen LogP contribution in [0.5, 0.6) is 11.5 Å². The maximum absolute atomic E-state index is 13.0. The van der Waals surface area contributed by atoms with Gasteiger partial charge in [0.1, 0.15) is 0 Å². The molecule has 0 radical (unpaired) electrons. The highest BCUT2D eigenvalue weighted by atomic mass is 32.2. The first-order valence-corrected chi connectivity index (χ1v) is 10.4. The van der Waals surface area contributed by atoms with E-state index in [9.17, 15) is 13.2 Å². The monoisotopic (exact) mass is 384 g/mol. The first-order valence-electron chi connectivity index (χ1n) is 8.94. The molecule has 1 atom stereocenters. The molecular weight excluding hydrogens is 356 g/mol. The Morgan fingerprint density at radius 2 is 2.00 bits per heavy atom. The van der Waals surface area contributed by atoms with Crippen molar-refractivity contribution in [1.82, 2.24) is 9.62 Å². The van der Waals surface area contributed by atoms with Crippen molar-refractivity contribution in [3.8, 4) is 11.5 Å². The second kappa shape index (κ2) is 9.23. The molecule has 0 saturated carbocycles. The number of nitrogens with one attached hydrogen (secondary N) is 1. The summed E-state index contributed by atoms with van der Waals surface area (Å²) in [5.74, 6) is 0.457. The number of hydrogen-bond acceptors (Lipinski definition) is 5. The molecule has 1 heterocycles. The first-order chi connectivity index (χ1) is 12.4. The van der Waals surface area contributed by atoms with Crippen LogP contribution < -0.4 is 14.8 Å². The number of methoxy groups -OCH3 is 2. The van der Waals surface area contributed by atoms with Gasteiger partial charge in [-0.1, -0.05) is 13.3 Å². The third-order valence-corrected chi connectivity index (χ3v) is 6.44. The van der Waals surface area contributed by atoms with Gasteiger partial charge in [-0.3, -0.25) is 4.79 Å². The highest BCUT2D eigenvalue weighted by Gasteiger charge is 2.33. The Bertz CT molecular complexity index is 720. The first kappa shape index (κ1) is 20.5. The van der Waals surface area contributed by atoms with Gasteiger partial charge in [0.05, 0.1) is 25.0 Å². The van der Waals surface area contributed by atoms with Gasteiger partial charge in [0.2, 0.25) is 15.9 Å². The number of nitrogens with zero attached hydrogens (tertiary/aromatic N) is 1. The molecule has 1 aliphatic heterocycles. The van der Waals surface area contributed by atoms with Crippen molar-refractivity contribution in [2.24, 2.45) is 5.92 Å². The number of rotatable bonds is 8. The number of carbonyl (C=O) groups excluding carboxylic acids is 1. The largest absolute Gasteiger partial charge is 0.493 e. The van der Waals surface area contributed by atoms with Gasteiger partial charge in [0.15, 0.2) is 11.5 Å². The minimum absolute atomic E-state index is 0.0642. The summed E-state index contributed by atoms with van der Waals surface area (Å²) in [5.41, 5.74) is 0. The number of benzene rings is 1. The molecule has 1 fully saturated rings. The smallest absolute Gasteiger partial charge is 0.243 e. The Kier molecular flexibility index (Phi) is 7.28. The number of ether oxygens (including phenoxy) is 2. The van der Waals surface area contributed by atoms with Gasteiger partial charge in [0.25, 0.3) is 0 Å². The van der Waals surface area contributed by atoms with E-state index in [1.54, 1.807) is 6.07 Å². The third-order valence-electron chi connectivity index (χ3n) is 4.58. The van der Waals surface area contributed by atoms with Crippen molar-refractivity contribution in [3.63, 3.8) is 0 Å². The highest BCUT2D eigenvalue weighted by Crippen LogP contribution is 2.32. The maximum atomic E-state index is 13.0. The predicted molar refractivity (Wildman–Crippen MR) is 98.9 cm³/mol. The Labute approximate surface area is 155 Å². The second-order valence-electron chi connectivity index (χ2n) is 6.36. The molecular formula is C18H28N2O5S. The van der Waals surface area contributed by atoms with Crippen LogP contribution in [-0.2, 0) is 14.8 Å². The second-order valence-corrected chi connectivity index (χ2v) is 8.30. The van der Waals surface area contributed by atoms with Gasteiger partial charge in [-0.05, 0) is 31.4 Å². The van der Waals surface area contributed by atoms with Crippen molar-refractivity contribution < 1.29 is 22.7 Å². The molecule has 1 aromatic rings. The number of carbonyl (C=O) groups is 1. The minimum atomic E-state index is -3.69. The summed E-state index contributed by atoms with van der Waals surface area (Å²) in [6.45, 7) is 3.31. The average molecular weight is 384 g/mol. The van der Waals surface area contributed by atoms with Crippen LogP contribution in [0, 0.1) is 5.92 Å². The van der Waals surface area contributed by atoms with E-state index in [2.05, 4.69) is 12.2 Å². The fourth-order valence-electron chi connectivity index (χ4n) is 3.03. The zero-order valence-corrected chi connectivity index (χ0v) is 16.5. The Balaban J connectivity index is 2.14. The lowest BCUT2D eigenvalue weighted by atomic mass is 9.99. The topological polar surface area (TPSA) is 84.9 Å². The van der Waals surface area contributed by atoms with Crippen LogP contribution in [-0.4, -0.2) is 52.5 Å². The summed E-state index contributed by atoms with van der Waals surface area (Å²) in [7, 11) is -0.731. The van der Waals surface area contributed by atoms with E-state index in [4.69, 9.17) is 9.47 Å². The van der Waals surface area contributed by atoms with Crippen molar-refractivity contribution in [2.45, 2.75) is 37.5 Å². The summed E-state index contributed by atoms with van der Waals surface area (Å²) in [6.07, 6.45) is 3.30. The molecule has 26 heavy (non-hydrogen) atoms. The molecule has 2 rings (SSSR count). The summed E-state index contributed by atoms with van der Waals surface area (Å²) in [6, 6.07) is 4.53. The van der Waals surface area contributed by atoms with E-state index in [1.165, 1.54) is 30.7 Å². The van der Waals surface area contributed by atoms with Crippen LogP contribution in [0.15, 0.2) is 23.1 Å². The van der Waals surface area contributed by atoms with Crippen LogP contribution in [0.4, 0.5) is 0 Å². The average Bonchev–Trinajstić information content (AvgIpc) is 2.67. The molecule has 0 spiro atoms. The minimum Gasteiger partial charge on any atom is -0.493 e. The Hall–Kier alpha value is -1.80. The molecule has 0 unspecified atom stereocenters. The molecule has 1 N–H and O–H groups in total. The molecule has 1 amide bonds. The number of sulfonamides is 1. The van der Waals surface area contributed by atoms with Gasteiger partial charge < -0.3 is 14.8 Å². The normalized spacial score (nSPS) is 18.3. The number of piperidine rings is 1. The molecule has 146 valence electrons. The van der Waals surface area contributed by atoms with Crippen LogP contribution in [0.1, 0.15) is 32.6 Å². The van der Waals surface area contributed by atoms with Crippen molar-refractivity contribution in [2.75, 3.05) is 33.9 Å². The van der Waals surface area contributed by atoms with Gasteiger partial charge in [-0.15, -0.1) is 0 Å². The van der Waals surface area contributed by atoms with Crippen molar-refractivity contribution >= 4 is 15.9 Å². The fraction of sp³-hybridized carbons (Fsp3) is 0.611. The summed E-state index contributed by atoms with van der Waals surface area (Å²) >= 11 is 0. The summed E-state index contributed by atoms with van der Waals surface area (Å²) < 4.78 is 37.7. The van der Waals surface area contributed by atoms with Crippen molar-refractivity contribution in [3.05, 3.63) is 18.2 Å². The third kappa shape index (κ3) is 4.67. The highest BCUT2D eigenvalue weighted by molar-refractivity contribution is 7.89. The number of hydrogen-bond donors (Lipinski definition) is 1. The molecule has 1 saturated heterocycles. The molecule has 7 nitrogen and oxygen atoms in total. The predicted octanol–water partition coefficient (Wildman–Crippen LogP) is 2.02. The number of amides is 1.